The van der Waals surface area contributed by atoms with Gasteiger partial charge in [-0.3, -0.25) is 4.79 Å². The van der Waals surface area contributed by atoms with E-state index in [0.29, 0.717) is 23.3 Å². The summed E-state index contributed by atoms with van der Waals surface area (Å²) in [6.45, 7) is -0.252. The molecular formula is C26H13F4N3O4. The summed E-state index contributed by atoms with van der Waals surface area (Å²) < 4.78 is 69.1. The molecule has 5 aromatic rings. The van der Waals surface area contributed by atoms with Crippen molar-refractivity contribution < 1.29 is 31.1 Å². The van der Waals surface area contributed by atoms with Gasteiger partial charge in [-0.05, 0) is 36.4 Å². The fourth-order valence-electron chi connectivity index (χ4n) is 3.65. The molecule has 0 spiro atoms. The second-order valence-electron chi connectivity index (χ2n) is 7.81. The number of nitrogens with zero attached hydrogens (tertiary/aromatic N) is 3. The van der Waals surface area contributed by atoms with Gasteiger partial charge in [0.05, 0.1) is 28.1 Å². The number of fused-ring (bicyclic) bond motifs is 1. The molecule has 0 amide bonds. The van der Waals surface area contributed by atoms with E-state index in [0.717, 1.165) is 6.07 Å². The predicted octanol–water partition coefficient (Wildman–Crippen LogP) is 6.12. The lowest BCUT2D eigenvalue weighted by Crippen LogP contribution is -2.06. The zero-order valence-electron chi connectivity index (χ0n) is 18.5. The SMILES string of the molecule is N#Cc1ccccc1-c1coc2cc(OCc3nnc(-c4cc(F)cc(C(F)(F)F)c4)o3)ccc2c1=O. The minimum Gasteiger partial charge on any atom is -0.484 e. The van der Waals surface area contributed by atoms with E-state index < -0.39 is 17.6 Å². The van der Waals surface area contributed by atoms with Crippen molar-refractivity contribution in [2.24, 2.45) is 0 Å². The van der Waals surface area contributed by atoms with E-state index in [9.17, 15) is 27.6 Å². The molecular weight excluding hydrogens is 494 g/mol. The fourth-order valence-corrected chi connectivity index (χ4v) is 3.65. The summed E-state index contributed by atoms with van der Waals surface area (Å²) in [6, 6.07) is 15.1. The Morgan fingerprint density at radius 2 is 1.81 bits per heavy atom. The van der Waals surface area contributed by atoms with Gasteiger partial charge in [0.15, 0.2) is 6.61 Å². The van der Waals surface area contributed by atoms with Gasteiger partial charge in [0, 0.05) is 17.2 Å². The Morgan fingerprint density at radius 3 is 2.59 bits per heavy atom. The smallest absolute Gasteiger partial charge is 0.416 e. The number of aromatic nitrogens is 2. The number of benzene rings is 3. The first-order chi connectivity index (χ1) is 17.7. The van der Waals surface area contributed by atoms with Crippen LogP contribution in [-0.4, -0.2) is 10.2 Å². The van der Waals surface area contributed by atoms with Gasteiger partial charge in [-0.2, -0.15) is 18.4 Å². The molecule has 37 heavy (non-hydrogen) atoms. The molecule has 0 aliphatic rings. The number of ether oxygens (including phenoxy) is 1. The van der Waals surface area contributed by atoms with E-state index in [1.54, 1.807) is 24.3 Å². The monoisotopic (exact) mass is 507 g/mol. The molecule has 0 saturated carbocycles. The topological polar surface area (TPSA) is 102 Å². The van der Waals surface area contributed by atoms with Crippen molar-refractivity contribution in [3.8, 4) is 34.4 Å². The molecule has 0 saturated heterocycles. The molecule has 0 unspecified atom stereocenters. The van der Waals surface area contributed by atoms with Gasteiger partial charge < -0.3 is 13.6 Å². The van der Waals surface area contributed by atoms with Crippen LogP contribution in [0.3, 0.4) is 0 Å². The summed E-state index contributed by atoms with van der Waals surface area (Å²) in [6.07, 6.45) is -3.48. The van der Waals surface area contributed by atoms with E-state index in [-0.39, 0.29) is 51.7 Å². The van der Waals surface area contributed by atoms with Crippen LogP contribution in [0.4, 0.5) is 17.6 Å². The van der Waals surface area contributed by atoms with Crippen molar-refractivity contribution in [3.05, 3.63) is 100.0 Å². The molecule has 7 nitrogen and oxygen atoms in total. The Bertz CT molecular complexity index is 1730. The van der Waals surface area contributed by atoms with Crippen molar-refractivity contribution in [1.29, 1.82) is 5.26 Å². The summed E-state index contributed by atoms with van der Waals surface area (Å²) in [5.41, 5.74) is -0.489. The first-order valence-electron chi connectivity index (χ1n) is 10.6. The van der Waals surface area contributed by atoms with Gasteiger partial charge in [-0.15, -0.1) is 10.2 Å². The Balaban J connectivity index is 1.36. The first-order valence-corrected chi connectivity index (χ1v) is 10.6. The average molecular weight is 507 g/mol. The molecule has 0 bridgehead atoms. The fraction of sp³-hybridized carbons (Fsp3) is 0.0769. The Kier molecular flexibility index (Phi) is 5.93. The lowest BCUT2D eigenvalue weighted by atomic mass is 10.0. The largest absolute Gasteiger partial charge is 0.484 e. The summed E-state index contributed by atoms with van der Waals surface area (Å²) in [4.78, 5) is 13.0. The molecule has 0 N–H and O–H groups in total. The lowest BCUT2D eigenvalue weighted by Gasteiger charge is -2.07. The van der Waals surface area contributed by atoms with Crippen LogP contribution in [-0.2, 0) is 12.8 Å². The lowest BCUT2D eigenvalue weighted by molar-refractivity contribution is -0.137. The number of hydrogen-bond acceptors (Lipinski definition) is 7. The minimum atomic E-state index is -4.74. The van der Waals surface area contributed by atoms with Gasteiger partial charge >= 0.3 is 6.18 Å². The minimum absolute atomic E-state index is 0.0715. The third kappa shape index (κ3) is 4.77. The highest BCUT2D eigenvalue weighted by molar-refractivity contribution is 5.83. The van der Waals surface area contributed by atoms with Crippen LogP contribution < -0.4 is 10.2 Å². The highest BCUT2D eigenvalue weighted by Gasteiger charge is 2.32. The Labute approximate surface area is 205 Å². The van der Waals surface area contributed by atoms with Crippen LogP contribution in [0.5, 0.6) is 5.75 Å². The average Bonchev–Trinajstić information content (AvgIpc) is 3.36. The standard InChI is InChI=1S/C26H13F4N3O4/c27-17-8-15(7-16(9-17)26(28,29)30)25-33-32-23(37-25)13-35-18-5-6-20-22(10-18)36-12-21(24(20)34)19-4-2-1-3-14(19)11-31/h1-10,12H,13H2. The summed E-state index contributed by atoms with van der Waals surface area (Å²) in [5.74, 6) is -1.19. The maximum absolute atomic E-state index is 13.7. The predicted molar refractivity (Wildman–Crippen MR) is 122 cm³/mol. The van der Waals surface area contributed by atoms with Crippen molar-refractivity contribution in [3.63, 3.8) is 0 Å². The van der Waals surface area contributed by atoms with Crippen molar-refractivity contribution in [2.75, 3.05) is 0 Å². The van der Waals surface area contributed by atoms with Crippen molar-refractivity contribution in [2.45, 2.75) is 12.8 Å². The second-order valence-corrected chi connectivity index (χ2v) is 7.81. The van der Waals surface area contributed by atoms with Crippen LogP contribution in [0.1, 0.15) is 17.0 Å². The maximum Gasteiger partial charge on any atom is 0.416 e. The number of alkyl halides is 3. The van der Waals surface area contributed by atoms with Crippen LogP contribution in [0, 0.1) is 17.1 Å². The van der Waals surface area contributed by atoms with Gasteiger partial charge in [-0.1, -0.05) is 18.2 Å². The van der Waals surface area contributed by atoms with Crippen LogP contribution >= 0.6 is 0 Å². The maximum atomic E-state index is 13.7. The normalized spacial score (nSPS) is 11.4. The highest BCUT2D eigenvalue weighted by atomic mass is 19.4. The summed E-state index contributed by atoms with van der Waals surface area (Å²) >= 11 is 0. The number of rotatable bonds is 5. The van der Waals surface area contributed by atoms with E-state index in [1.165, 1.54) is 24.5 Å². The third-order valence-corrected chi connectivity index (χ3v) is 5.38. The molecule has 2 aromatic heterocycles. The number of hydrogen-bond donors (Lipinski definition) is 0. The molecule has 184 valence electrons. The van der Waals surface area contributed by atoms with Crippen molar-refractivity contribution in [1.82, 2.24) is 10.2 Å². The Hall–Kier alpha value is -4.98. The van der Waals surface area contributed by atoms with Gasteiger partial charge in [-0.25, -0.2) is 4.39 Å². The van der Waals surface area contributed by atoms with Gasteiger partial charge in [0.2, 0.25) is 11.3 Å². The highest BCUT2D eigenvalue weighted by Crippen LogP contribution is 2.33. The Morgan fingerprint density at radius 1 is 1.00 bits per heavy atom. The van der Waals surface area contributed by atoms with Crippen molar-refractivity contribution >= 4 is 11.0 Å². The summed E-state index contributed by atoms with van der Waals surface area (Å²) in [5, 5.41) is 17.0. The van der Waals surface area contributed by atoms with Gasteiger partial charge in [0.25, 0.3) is 5.89 Å². The third-order valence-electron chi connectivity index (χ3n) is 5.38. The molecule has 5 rings (SSSR count). The van der Waals surface area contributed by atoms with Crippen LogP contribution in [0.25, 0.3) is 33.6 Å². The van der Waals surface area contributed by atoms with Crippen LogP contribution in [0.15, 0.2) is 80.6 Å². The molecule has 0 atom stereocenters. The molecule has 3 aromatic carbocycles. The first kappa shape index (κ1) is 23.7. The van der Waals surface area contributed by atoms with Crippen LogP contribution in [0.2, 0.25) is 0 Å². The molecule has 0 fully saturated rings. The number of halogens is 4. The molecule has 0 aliphatic carbocycles. The van der Waals surface area contributed by atoms with E-state index in [1.807, 2.05) is 6.07 Å². The van der Waals surface area contributed by atoms with E-state index in [2.05, 4.69) is 10.2 Å². The second kappa shape index (κ2) is 9.23. The quantitative estimate of drug-likeness (QED) is 0.264. The number of nitriles is 1. The van der Waals surface area contributed by atoms with E-state index >= 15 is 0 Å². The van der Waals surface area contributed by atoms with Gasteiger partial charge in [0.1, 0.15) is 23.4 Å². The summed E-state index contributed by atoms with van der Waals surface area (Å²) in [7, 11) is 0. The zero-order valence-corrected chi connectivity index (χ0v) is 18.5. The molecule has 11 heteroatoms. The van der Waals surface area contributed by atoms with E-state index in [4.69, 9.17) is 13.6 Å². The molecule has 0 radical (unpaired) electrons. The molecule has 2 heterocycles. The molecule has 0 aliphatic heterocycles. The zero-order chi connectivity index (χ0) is 26.2.